The van der Waals surface area contributed by atoms with E-state index in [2.05, 4.69) is 16.0 Å². The van der Waals surface area contributed by atoms with Crippen LogP contribution >= 0.6 is 23.7 Å². The molecule has 2 rings (SSSR count). The Hall–Kier alpha value is -1.11. The summed E-state index contributed by atoms with van der Waals surface area (Å²) in [7, 11) is 0. The highest BCUT2D eigenvalue weighted by Gasteiger charge is 2.13. The predicted molar refractivity (Wildman–Crippen MR) is 91.7 cm³/mol. The molecule has 1 fully saturated rings. The zero-order valence-corrected chi connectivity index (χ0v) is 14.2. The summed E-state index contributed by atoms with van der Waals surface area (Å²) in [6, 6.07) is 1.78. The number of halogens is 1. The highest BCUT2D eigenvalue weighted by atomic mass is 35.5. The number of thiophene rings is 1. The van der Waals surface area contributed by atoms with Crippen LogP contribution in [0.4, 0.5) is 0 Å². The number of carbonyl (C=O) groups excluding carboxylic acids is 2. The van der Waals surface area contributed by atoms with E-state index >= 15 is 0 Å². The zero-order chi connectivity index (χ0) is 14.9. The van der Waals surface area contributed by atoms with E-state index in [1.807, 2.05) is 5.38 Å². The van der Waals surface area contributed by atoms with Crippen LogP contribution in [0.15, 0.2) is 16.8 Å². The highest BCUT2D eigenvalue weighted by molar-refractivity contribution is 7.08. The molecular weight excluding hydrogens is 322 g/mol. The Morgan fingerprint density at radius 3 is 2.86 bits per heavy atom. The van der Waals surface area contributed by atoms with Crippen LogP contribution in [-0.2, 0) is 4.79 Å². The summed E-state index contributed by atoms with van der Waals surface area (Å²) < 4.78 is 0. The van der Waals surface area contributed by atoms with Crippen molar-refractivity contribution in [1.82, 2.24) is 16.0 Å². The van der Waals surface area contributed by atoms with Gasteiger partial charge >= 0.3 is 0 Å². The lowest BCUT2D eigenvalue weighted by Gasteiger charge is -2.22. The summed E-state index contributed by atoms with van der Waals surface area (Å²) in [5.74, 6) is 0.569. The lowest BCUT2D eigenvalue weighted by atomic mass is 9.96. The Bertz CT molecular complexity index is 448. The number of nitrogens with one attached hydrogen (secondary N) is 3. The maximum Gasteiger partial charge on any atom is 0.252 e. The van der Waals surface area contributed by atoms with Crippen LogP contribution in [0.3, 0.4) is 0 Å². The van der Waals surface area contributed by atoms with Gasteiger partial charge in [0.15, 0.2) is 0 Å². The summed E-state index contributed by atoms with van der Waals surface area (Å²) in [6.07, 6.45) is 3.84. The maximum absolute atomic E-state index is 11.7. The molecule has 1 saturated heterocycles. The molecule has 22 heavy (non-hydrogen) atoms. The van der Waals surface area contributed by atoms with Gasteiger partial charge in [0.1, 0.15) is 0 Å². The molecule has 0 radical (unpaired) electrons. The molecule has 124 valence electrons. The molecular formula is C15H24ClN3O2S. The lowest BCUT2D eigenvalue weighted by Crippen LogP contribution is -2.34. The van der Waals surface area contributed by atoms with Crippen molar-refractivity contribution in [2.24, 2.45) is 5.92 Å². The Balaban J connectivity index is 0.00000242. The molecule has 2 heterocycles. The molecule has 2 amide bonds. The smallest absolute Gasteiger partial charge is 0.252 e. The van der Waals surface area contributed by atoms with Gasteiger partial charge in [0.05, 0.1) is 0 Å². The Kier molecular flexibility index (Phi) is 9.11. The lowest BCUT2D eigenvalue weighted by molar-refractivity contribution is -0.121. The van der Waals surface area contributed by atoms with Crippen molar-refractivity contribution in [2.45, 2.75) is 25.7 Å². The molecule has 3 N–H and O–H groups in total. The zero-order valence-electron chi connectivity index (χ0n) is 12.6. The van der Waals surface area contributed by atoms with Crippen LogP contribution in [0.25, 0.3) is 0 Å². The largest absolute Gasteiger partial charge is 0.356 e. The third-order valence-electron chi connectivity index (χ3n) is 3.69. The minimum atomic E-state index is -0.114. The molecule has 1 unspecified atom stereocenters. The summed E-state index contributed by atoms with van der Waals surface area (Å²) in [5, 5.41) is 12.7. The maximum atomic E-state index is 11.7. The normalized spacial score (nSPS) is 17.4. The van der Waals surface area contributed by atoms with Crippen molar-refractivity contribution in [2.75, 3.05) is 26.2 Å². The van der Waals surface area contributed by atoms with E-state index in [1.54, 1.807) is 11.4 Å². The molecule has 1 atom stereocenters. The third-order valence-corrected chi connectivity index (χ3v) is 4.38. The van der Waals surface area contributed by atoms with Crippen molar-refractivity contribution in [1.29, 1.82) is 0 Å². The topological polar surface area (TPSA) is 70.2 Å². The number of amides is 2. The molecule has 7 heteroatoms. The van der Waals surface area contributed by atoms with Gasteiger partial charge in [0.25, 0.3) is 5.91 Å². The van der Waals surface area contributed by atoms with Crippen LogP contribution in [0.1, 0.15) is 36.0 Å². The molecule has 0 bridgehead atoms. The van der Waals surface area contributed by atoms with E-state index in [9.17, 15) is 9.59 Å². The second kappa shape index (κ2) is 10.6. The van der Waals surface area contributed by atoms with Gasteiger partial charge in [0, 0.05) is 30.5 Å². The van der Waals surface area contributed by atoms with Crippen LogP contribution < -0.4 is 16.0 Å². The second-order valence-electron chi connectivity index (χ2n) is 5.37. The van der Waals surface area contributed by atoms with E-state index in [-0.39, 0.29) is 24.2 Å². The minimum Gasteiger partial charge on any atom is -0.356 e. The van der Waals surface area contributed by atoms with Gasteiger partial charge in [0.2, 0.25) is 5.91 Å². The minimum absolute atomic E-state index is 0. The van der Waals surface area contributed by atoms with Gasteiger partial charge in [-0.15, -0.1) is 12.4 Å². The molecule has 1 aliphatic heterocycles. The molecule has 1 aromatic heterocycles. The van der Waals surface area contributed by atoms with E-state index in [0.29, 0.717) is 24.4 Å². The first-order valence-corrected chi connectivity index (χ1v) is 8.48. The SMILES string of the molecule is Cl.O=C(CCNC(=O)c1ccsc1)NCCC1CCCNC1. The van der Waals surface area contributed by atoms with E-state index < -0.39 is 0 Å². The van der Waals surface area contributed by atoms with Crippen molar-refractivity contribution >= 4 is 35.6 Å². The van der Waals surface area contributed by atoms with Gasteiger partial charge in [-0.1, -0.05) is 0 Å². The molecule has 0 aromatic carbocycles. The van der Waals surface area contributed by atoms with Gasteiger partial charge in [-0.05, 0) is 49.7 Å². The molecule has 5 nitrogen and oxygen atoms in total. The third kappa shape index (κ3) is 6.77. The Labute approximate surface area is 141 Å². The monoisotopic (exact) mass is 345 g/mol. The first-order chi connectivity index (χ1) is 10.3. The van der Waals surface area contributed by atoms with Gasteiger partial charge in [-0.2, -0.15) is 11.3 Å². The van der Waals surface area contributed by atoms with Crippen LogP contribution in [0, 0.1) is 5.92 Å². The number of carbonyl (C=O) groups is 2. The van der Waals surface area contributed by atoms with Gasteiger partial charge in [-0.25, -0.2) is 0 Å². The summed E-state index contributed by atoms with van der Waals surface area (Å²) in [5.41, 5.74) is 0.658. The van der Waals surface area contributed by atoms with Crippen LogP contribution in [0.5, 0.6) is 0 Å². The number of hydrogen-bond donors (Lipinski definition) is 3. The summed E-state index contributed by atoms with van der Waals surface area (Å²) >= 11 is 1.49. The fraction of sp³-hybridized carbons (Fsp3) is 0.600. The van der Waals surface area contributed by atoms with E-state index in [0.717, 1.165) is 26.1 Å². The fourth-order valence-electron chi connectivity index (χ4n) is 2.46. The number of rotatable bonds is 7. The predicted octanol–water partition coefficient (Wildman–Crippen LogP) is 1.80. The highest BCUT2D eigenvalue weighted by Crippen LogP contribution is 2.12. The van der Waals surface area contributed by atoms with Crippen molar-refractivity contribution in [3.05, 3.63) is 22.4 Å². The quantitative estimate of drug-likeness (QED) is 0.705. The van der Waals surface area contributed by atoms with Crippen molar-refractivity contribution in [3.63, 3.8) is 0 Å². The van der Waals surface area contributed by atoms with Crippen molar-refractivity contribution in [3.8, 4) is 0 Å². The average molecular weight is 346 g/mol. The molecule has 0 aliphatic carbocycles. The molecule has 0 spiro atoms. The van der Waals surface area contributed by atoms with Gasteiger partial charge in [-0.3, -0.25) is 9.59 Å². The Morgan fingerprint density at radius 1 is 1.32 bits per heavy atom. The molecule has 1 aliphatic rings. The second-order valence-corrected chi connectivity index (χ2v) is 6.15. The van der Waals surface area contributed by atoms with Crippen molar-refractivity contribution < 1.29 is 9.59 Å². The molecule has 0 saturated carbocycles. The van der Waals surface area contributed by atoms with Crippen LogP contribution in [-0.4, -0.2) is 38.0 Å². The van der Waals surface area contributed by atoms with Crippen LogP contribution in [0.2, 0.25) is 0 Å². The number of hydrogen-bond acceptors (Lipinski definition) is 4. The first kappa shape index (κ1) is 18.9. The molecule has 1 aromatic rings. The fourth-order valence-corrected chi connectivity index (χ4v) is 3.10. The first-order valence-electron chi connectivity index (χ1n) is 7.53. The number of piperidine rings is 1. The summed E-state index contributed by atoms with van der Waals surface area (Å²) in [6.45, 7) is 3.29. The average Bonchev–Trinajstić information content (AvgIpc) is 3.02. The van der Waals surface area contributed by atoms with E-state index in [1.165, 1.54) is 24.2 Å². The van der Waals surface area contributed by atoms with Gasteiger partial charge < -0.3 is 16.0 Å². The summed E-state index contributed by atoms with van der Waals surface area (Å²) in [4.78, 5) is 23.3. The standard InChI is InChI=1S/C15H23N3O2S.ClH/c19-14(17-7-3-12-2-1-6-16-10-12)4-8-18-15(20)13-5-9-21-11-13;/h5,9,11-12,16H,1-4,6-8,10H2,(H,17,19)(H,18,20);1H. The Morgan fingerprint density at radius 2 is 2.18 bits per heavy atom. The van der Waals surface area contributed by atoms with E-state index in [4.69, 9.17) is 0 Å².